The molecule has 2 fully saturated rings. The van der Waals surface area contributed by atoms with Gasteiger partial charge in [-0.25, -0.2) is 8.42 Å². The third-order valence-electron chi connectivity index (χ3n) is 3.78. The summed E-state index contributed by atoms with van der Waals surface area (Å²) < 4.78 is 26.2. The van der Waals surface area contributed by atoms with Gasteiger partial charge in [0.15, 0.2) is 0 Å². The lowest BCUT2D eigenvalue weighted by Gasteiger charge is -2.27. The summed E-state index contributed by atoms with van der Waals surface area (Å²) in [5.74, 6) is 0.258. The molecule has 2 aliphatic heterocycles. The molecule has 2 saturated heterocycles. The zero-order valence-corrected chi connectivity index (χ0v) is 10.4. The Kier molecular flexibility index (Phi) is 3.53. The Bertz CT molecular complexity index is 338. The zero-order chi connectivity index (χ0) is 11.8. The molecule has 0 aliphatic carbocycles. The quantitative estimate of drug-likeness (QED) is 0.698. The number of aliphatic hydroxyl groups is 1. The van der Waals surface area contributed by atoms with E-state index in [1.165, 1.54) is 4.31 Å². The van der Waals surface area contributed by atoms with Crippen LogP contribution >= 0.6 is 0 Å². The van der Waals surface area contributed by atoms with Crippen molar-refractivity contribution in [3.63, 3.8) is 0 Å². The van der Waals surface area contributed by atoms with Crippen molar-refractivity contribution in [1.82, 2.24) is 9.62 Å². The number of hydrogen-bond donors (Lipinski definition) is 2. The smallest absolute Gasteiger partial charge is 0.218 e. The average molecular weight is 248 g/mol. The molecular formula is C10H20N2O3S. The van der Waals surface area contributed by atoms with Gasteiger partial charge in [-0.1, -0.05) is 6.92 Å². The van der Waals surface area contributed by atoms with Gasteiger partial charge in [0.25, 0.3) is 0 Å². The van der Waals surface area contributed by atoms with Gasteiger partial charge < -0.3 is 10.4 Å². The number of nitrogens with zero attached hydrogens (tertiary/aromatic N) is 1. The Balaban J connectivity index is 2.16. The second-order valence-electron chi connectivity index (χ2n) is 4.79. The second-order valence-corrected chi connectivity index (χ2v) is 6.95. The molecule has 5 nitrogen and oxygen atoms in total. The van der Waals surface area contributed by atoms with Crippen LogP contribution in [0.1, 0.15) is 19.8 Å². The molecule has 2 rings (SSSR count). The molecule has 0 saturated carbocycles. The molecule has 0 amide bonds. The minimum absolute atomic E-state index is 0.0689. The highest BCUT2D eigenvalue weighted by atomic mass is 32.2. The molecule has 2 N–H and O–H groups in total. The first-order chi connectivity index (χ1) is 7.57. The topological polar surface area (TPSA) is 69.6 Å². The van der Waals surface area contributed by atoms with Gasteiger partial charge in [0.2, 0.25) is 10.0 Å². The summed E-state index contributed by atoms with van der Waals surface area (Å²) in [4.78, 5) is 0. The first-order valence-corrected chi connectivity index (χ1v) is 7.40. The number of rotatable bonds is 3. The summed E-state index contributed by atoms with van der Waals surface area (Å²) in [6.07, 6.45) is 1.54. The van der Waals surface area contributed by atoms with E-state index >= 15 is 0 Å². The molecule has 16 heavy (non-hydrogen) atoms. The summed E-state index contributed by atoms with van der Waals surface area (Å²) in [7, 11) is -3.22. The summed E-state index contributed by atoms with van der Waals surface area (Å²) in [5.41, 5.74) is 0. The predicted molar refractivity (Wildman–Crippen MR) is 61.6 cm³/mol. The molecule has 0 aromatic heterocycles. The molecule has 2 aliphatic rings. The fourth-order valence-corrected chi connectivity index (χ4v) is 4.77. The van der Waals surface area contributed by atoms with Gasteiger partial charge in [0.05, 0.1) is 17.9 Å². The monoisotopic (exact) mass is 248 g/mol. The van der Waals surface area contributed by atoms with Crippen molar-refractivity contribution in [3.05, 3.63) is 0 Å². The fourth-order valence-electron chi connectivity index (χ4n) is 2.63. The molecule has 0 spiro atoms. The van der Waals surface area contributed by atoms with Crippen LogP contribution in [-0.4, -0.2) is 55.4 Å². The van der Waals surface area contributed by atoms with Gasteiger partial charge >= 0.3 is 0 Å². The Morgan fingerprint density at radius 1 is 1.44 bits per heavy atom. The van der Waals surface area contributed by atoms with Gasteiger partial charge in [-0.05, 0) is 25.3 Å². The van der Waals surface area contributed by atoms with Gasteiger partial charge in [0.1, 0.15) is 0 Å². The van der Waals surface area contributed by atoms with E-state index in [4.69, 9.17) is 0 Å². The van der Waals surface area contributed by atoms with Crippen molar-refractivity contribution in [2.24, 2.45) is 5.92 Å². The highest BCUT2D eigenvalue weighted by Crippen LogP contribution is 2.29. The van der Waals surface area contributed by atoms with Gasteiger partial charge in [0, 0.05) is 13.1 Å². The predicted octanol–water partition coefficient (Wildman–Crippen LogP) is -0.619. The van der Waals surface area contributed by atoms with Crippen LogP contribution < -0.4 is 5.32 Å². The highest BCUT2D eigenvalue weighted by molar-refractivity contribution is 7.89. The Labute approximate surface area is 96.9 Å². The number of nitrogens with one attached hydrogen (secondary N) is 1. The van der Waals surface area contributed by atoms with E-state index in [-0.39, 0.29) is 23.8 Å². The lowest BCUT2D eigenvalue weighted by atomic mass is 10.0. The van der Waals surface area contributed by atoms with Crippen LogP contribution in [0.3, 0.4) is 0 Å². The molecule has 0 radical (unpaired) electrons. The maximum absolute atomic E-state index is 12.3. The largest absolute Gasteiger partial charge is 0.395 e. The maximum Gasteiger partial charge on any atom is 0.218 e. The lowest BCUT2D eigenvalue weighted by molar-refractivity contribution is 0.190. The fraction of sp³-hybridized carbons (Fsp3) is 1.00. The van der Waals surface area contributed by atoms with Crippen LogP contribution in [0.15, 0.2) is 0 Å². The van der Waals surface area contributed by atoms with Gasteiger partial charge in [-0.15, -0.1) is 0 Å². The normalized spacial score (nSPS) is 37.0. The molecule has 94 valence electrons. The van der Waals surface area contributed by atoms with Crippen LogP contribution in [0.5, 0.6) is 0 Å². The van der Waals surface area contributed by atoms with Crippen molar-refractivity contribution in [1.29, 1.82) is 0 Å². The van der Waals surface area contributed by atoms with Crippen molar-refractivity contribution in [2.45, 2.75) is 31.1 Å². The average Bonchev–Trinajstić information content (AvgIpc) is 2.85. The first-order valence-electron chi connectivity index (χ1n) is 5.89. The van der Waals surface area contributed by atoms with E-state index in [1.807, 2.05) is 6.92 Å². The van der Waals surface area contributed by atoms with Crippen molar-refractivity contribution in [2.75, 3.05) is 26.2 Å². The van der Waals surface area contributed by atoms with E-state index in [9.17, 15) is 13.5 Å². The second kappa shape index (κ2) is 4.60. The summed E-state index contributed by atoms with van der Waals surface area (Å²) in [6.45, 7) is 3.82. The molecular weight excluding hydrogens is 228 g/mol. The molecule has 0 aromatic carbocycles. The van der Waals surface area contributed by atoms with Crippen LogP contribution in [0.2, 0.25) is 0 Å². The van der Waals surface area contributed by atoms with E-state index in [1.54, 1.807) is 0 Å². The SMILES string of the molecule is CC1CCN(S(=O)(=O)C2CCNC2)C1CO. The number of sulfonamides is 1. The Morgan fingerprint density at radius 2 is 2.19 bits per heavy atom. The van der Waals surface area contributed by atoms with Crippen molar-refractivity contribution < 1.29 is 13.5 Å². The molecule has 3 unspecified atom stereocenters. The van der Waals surface area contributed by atoms with Gasteiger partial charge in [-0.3, -0.25) is 0 Å². The Hall–Kier alpha value is -0.170. The summed E-state index contributed by atoms with van der Waals surface area (Å²) >= 11 is 0. The van der Waals surface area contributed by atoms with Gasteiger partial charge in [-0.2, -0.15) is 4.31 Å². The summed E-state index contributed by atoms with van der Waals surface area (Å²) in [6, 6.07) is -0.217. The minimum atomic E-state index is -3.22. The third-order valence-corrected chi connectivity index (χ3v) is 6.13. The first kappa shape index (κ1) is 12.3. The van der Waals surface area contributed by atoms with Crippen LogP contribution in [0.4, 0.5) is 0 Å². The number of hydrogen-bond acceptors (Lipinski definition) is 4. The molecule has 3 atom stereocenters. The lowest BCUT2D eigenvalue weighted by Crippen LogP contribution is -2.45. The molecule has 6 heteroatoms. The van der Waals surface area contributed by atoms with Crippen LogP contribution in [0.25, 0.3) is 0 Å². The minimum Gasteiger partial charge on any atom is -0.395 e. The molecule has 0 aromatic rings. The summed E-state index contributed by atoms with van der Waals surface area (Å²) in [5, 5.41) is 12.1. The zero-order valence-electron chi connectivity index (χ0n) is 9.59. The molecule has 0 bridgehead atoms. The molecule has 2 heterocycles. The van der Waals surface area contributed by atoms with Crippen molar-refractivity contribution >= 4 is 10.0 Å². The van der Waals surface area contributed by atoms with E-state index in [0.717, 1.165) is 13.0 Å². The number of aliphatic hydroxyl groups excluding tert-OH is 1. The van der Waals surface area contributed by atoms with E-state index in [2.05, 4.69) is 5.32 Å². The highest BCUT2D eigenvalue weighted by Gasteiger charge is 2.42. The third kappa shape index (κ3) is 1.99. The Morgan fingerprint density at radius 3 is 2.75 bits per heavy atom. The van der Waals surface area contributed by atoms with Crippen LogP contribution in [0, 0.1) is 5.92 Å². The van der Waals surface area contributed by atoms with Crippen LogP contribution in [-0.2, 0) is 10.0 Å². The van der Waals surface area contributed by atoms with E-state index < -0.39 is 10.0 Å². The van der Waals surface area contributed by atoms with E-state index in [0.29, 0.717) is 19.5 Å². The maximum atomic E-state index is 12.3. The van der Waals surface area contributed by atoms with Crippen molar-refractivity contribution in [3.8, 4) is 0 Å². The standard InChI is InChI=1S/C10H20N2O3S/c1-8-3-5-12(10(8)7-13)16(14,15)9-2-4-11-6-9/h8-11,13H,2-7H2,1H3.